The Morgan fingerprint density at radius 1 is 1.06 bits per heavy atom. The average molecular weight is 436 g/mol. The molecule has 4 heterocycles. The molecule has 11 nitrogen and oxygen atoms in total. The van der Waals surface area contributed by atoms with Crippen molar-refractivity contribution in [2.24, 2.45) is 10.3 Å². The smallest absolute Gasteiger partial charge is 0.263 e. The number of imide groups is 1. The molecule has 2 aromatic carbocycles. The van der Waals surface area contributed by atoms with Crippen LogP contribution in [0.1, 0.15) is 5.89 Å². The van der Waals surface area contributed by atoms with Gasteiger partial charge in [0.15, 0.2) is 23.6 Å². The van der Waals surface area contributed by atoms with Crippen molar-refractivity contribution in [1.82, 2.24) is 15.1 Å². The number of amides is 2. The van der Waals surface area contributed by atoms with E-state index in [1.54, 1.807) is 18.2 Å². The maximum Gasteiger partial charge on any atom is 0.263 e. The van der Waals surface area contributed by atoms with Crippen LogP contribution in [0.5, 0.6) is 11.5 Å². The number of anilines is 1. The number of carbonyl (C=O) groups is 2. The van der Waals surface area contributed by atoms with Crippen molar-refractivity contribution >= 4 is 17.5 Å². The maximum atomic E-state index is 13.6. The molecule has 1 saturated heterocycles. The number of halogens is 1. The van der Waals surface area contributed by atoms with Crippen molar-refractivity contribution in [2.45, 2.75) is 18.6 Å². The number of nitrogens with zero attached hydrogens (tertiary/aromatic N) is 6. The van der Waals surface area contributed by atoms with Gasteiger partial charge in [-0.05, 0) is 36.4 Å². The van der Waals surface area contributed by atoms with E-state index in [4.69, 9.17) is 14.0 Å². The number of rotatable bonds is 4. The summed E-state index contributed by atoms with van der Waals surface area (Å²) in [7, 11) is 0. The minimum atomic E-state index is -1.01. The fraction of sp³-hybridized carbons (Fsp3) is 0.200. The Morgan fingerprint density at radius 2 is 1.94 bits per heavy atom. The van der Waals surface area contributed by atoms with E-state index in [0.29, 0.717) is 22.9 Å². The second-order valence-electron chi connectivity index (χ2n) is 7.26. The van der Waals surface area contributed by atoms with E-state index in [-0.39, 0.29) is 24.9 Å². The maximum absolute atomic E-state index is 13.6. The van der Waals surface area contributed by atoms with Crippen LogP contribution in [-0.2, 0) is 16.1 Å². The van der Waals surface area contributed by atoms with Crippen molar-refractivity contribution in [2.75, 3.05) is 11.7 Å². The van der Waals surface area contributed by atoms with E-state index in [9.17, 15) is 14.0 Å². The Labute approximate surface area is 179 Å². The molecule has 3 aromatic rings. The zero-order valence-corrected chi connectivity index (χ0v) is 16.2. The van der Waals surface area contributed by atoms with E-state index in [0.717, 1.165) is 11.0 Å². The highest BCUT2D eigenvalue weighted by Gasteiger charge is 2.55. The lowest BCUT2D eigenvalue weighted by Gasteiger charge is -2.19. The minimum Gasteiger partial charge on any atom is -0.454 e. The number of hydrogen-bond acceptors (Lipinski definition) is 10. The first-order valence-corrected chi connectivity index (χ1v) is 9.62. The number of hydrogen-bond donors (Lipinski definition) is 0. The lowest BCUT2D eigenvalue weighted by atomic mass is 10.1. The summed E-state index contributed by atoms with van der Waals surface area (Å²) in [4.78, 5) is 31.0. The van der Waals surface area contributed by atoms with Gasteiger partial charge in [0.1, 0.15) is 12.4 Å². The van der Waals surface area contributed by atoms with Crippen molar-refractivity contribution in [3.63, 3.8) is 0 Å². The van der Waals surface area contributed by atoms with Crippen LogP contribution in [-0.4, -0.2) is 45.8 Å². The number of benzene rings is 2. The molecular weight excluding hydrogens is 423 g/mol. The van der Waals surface area contributed by atoms with E-state index in [1.807, 2.05) is 0 Å². The quantitative estimate of drug-likeness (QED) is 0.570. The summed E-state index contributed by atoms with van der Waals surface area (Å²) in [5.41, 5.74) is 0.807. The zero-order valence-electron chi connectivity index (χ0n) is 16.2. The van der Waals surface area contributed by atoms with Crippen LogP contribution in [0.25, 0.3) is 11.4 Å². The van der Waals surface area contributed by atoms with Crippen molar-refractivity contribution < 1.29 is 28.0 Å². The van der Waals surface area contributed by atoms with Gasteiger partial charge in [-0.3, -0.25) is 14.6 Å². The lowest BCUT2D eigenvalue weighted by molar-refractivity contribution is -0.123. The summed E-state index contributed by atoms with van der Waals surface area (Å²) >= 11 is 0. The third kappa shape index (κ3) is 2.80. The molecule has 160 valence electrons. The molecule has 2 atom stereocenters. The summed E-state index contributed by atoms with van der Waals surface area (Å²) in [6.07, 6.45) is 0. The molecule has 6 rings (SSSR count). The summed E-state index contributed by atoms with van der Waals surface area (Å²) in [6.45, 7) is 0.121. The van der Waals surface area contributed by atoms with Gasteiger partial charge in [-0.1, -0.05) is 16.4 Å². The Morgan fingerprint density at radius 3 is 2.81 bits per heavy atom. The predicted molar refractivity (Wildman–Crippen MR) is 103 cm³/mol. The van der Waals surface area contributed by atoms with Gasteiger partial charge < -0.3 is 14.0 Å². The Kier molecular flexibility index (Phi) is 3.93. The van der Waals surface area contributed by atoms with E-state index in [1.165, 1.54) is 23.2 Å². The van der Waals surface area contributed by atoms with Crippen LogP contribution in [0.3, 0.4) is 0 Å². The van der Waals surface area contributed by atoms with Crippen molar-refractivity contribution in [3.05, 3.63) is 54.2 Å². The number of fused-ring (bicyclic) bond motifs is 2. The largest absolute Gasteiger partial charge is 0.454 e. The molecule has 0 radical (unpaired) electrons. The van der Waals surface area contributed by atoms with Crippen LogP contribution in [0, 0.1) is 5.82 Å². The first kappa shape index (κ1) is 18.4. The second kappa shape index (κ2) is 6.83. The van der Waals surface area contributed by atoms with Gasteiger partial charge in [-0.2, -0.15) is 10.1 Å². The van der Waals surface area contributed by atoms with E-state index >= 15 is 0 Å². The highest BCUT2D eigenvalue weighted by Crippen LogP contribution is 2.36. The Hall–Kier alpha value is -4.35. The van der Waals surface area contributed by atoms with Gasteiger partial charge >= 0.3 is 0 Å². The molecule has 0 unspecified atom stereocenters. The highest BCUT2D eigenvalue weighted by atomic mass is 19.1. The summed E-state index contributed by atoms with van der Waals surface area (Å²) in [5.74, 6) is 0.0452. The van der Waals surface area contributed by atoms with Crippen molar-refractivity contribution in [3.8, 4) is 22.9 Å². The van der Waals surface area contributed by atoms with Crippen LogP contribution < -0.4 is 14.4 Å². The molecule has 0 spiro atoms. The molecule has 0 aliphatic carbocycles. The Balaban J connectivity index is 1.22. The molecule has 1 fully saturated rings. The third-order valence-electron chi connectivity index (χ3n) is 5.32. The molecule has 12 heteroatoms. The van der Waals surface area contributed by atoms with Crippen LogP contribution >= 0.6 is 0 Å². The molecule has 32 heavy (non-hydrogen) atoms. The standard InChI is InChI=1S/C20H13FN6O5/c21-11-2-1-3-12(7-11)27-19(28)16-17(20(27)29)26(25-23-16)8-15-22-18(24-32-15)10-4-5-13-14(6-10)31-9-30-13/h1-7,16-17H,8-9H2/t16-,17+/m1/s1. The van der Waals surface area contributed by atoms with Crippen molar-refractivity contribution in [1.29, 1.82) is 0 Å². The number of aromatic nitrogens is 2. The normalized spacial score (nSPS) is 21.0. The molecule has 2 amide bonds. The molecule has 3 aliphatic heterocycles. The van der Waals surface area contributed by atoms with Gasteiger partial charge in [-0.15, -0.1) is 0 Å². The lowest BCUT2D eigenvalue weighted by Crippen LogP contribution is -2.39. The van der Waals surface area contributed by atoms with Crippen LogP contribution in [0.15, 0.2) is 57.3 Å². The van der Waals surface area contributed by atoms with Crippen LogP contribution in [0.2, 0.25) is 0 Å². The van der Waals surface area contributed by atoms with Crippen LogP contribution in [0.4, 0.5) is 10.1 Å². The molecular formula is C20H13FN6O5. The molecule has 0 saturated carbocycles. The second-order valence-corrected chi connectivity index (χ2v) is 7.26. The SMILES string of the molecule is O=C1[C@@H]2[C@@H](N=NN2Cc2nc(-c3ccc4c(c3)OCO4)no2)C(=O)N1c1cccc(F)c1. The zero-order chi connectivity index (χ0) is 21.8. The van der Waals surface area contributed by atoms with Gasteiger partial charge in [0.05, 0.1) is 5.69 Å². The van der Waals surface area contributed by atoms with Gasteiger partial charge in [-0.25, -0.2) is 9.29 Å². The first-order chi connectivity index (χ1) is 15.6. The summed E-state index contributed by atoms with van der Waals surface area (Å²) in [5, 5.41) is 13.2. The molecule has 3 aliphatic rings. The van der Waals surface area contributed by atoms with E-state index < -0.39 is 29.7 Å². The fourth-order valence-corrected chi connectivity index (χ4v) is 3.83. The average Bonchev–Trinajstić information content (AvgIpc) is 3.55. The topological polar surface area (TPSA) is 123 Å². The highest BCUT2D eigenvalue weighted by molar-refractivity contribution is 6.25. The molecule has 0 N–H and O–H groups in total. The molecule has 1 aromatic heterocycles. The van der Waals surface area contributed by atoms with Gasteiger partial charge in [0, 0.05) is 5.56 Å². The predicted octanol–water partition coefficient (Wildman–Crippen LogP) is 2.10. The van der Waals surface area contributed by atoms with Gasteiger partial charge in [0.2, 0.25) is 18.5 Å². The third-order valence-corrected chi connectivity index (χ3v) is 5.32. The fourth-order valence-electron chi connectivity index (χ4n) is 3.83. The summed E-state index contributed by atoms with van der Waals surface area (Å²) < 4.78 is 29.5. The number of ether oxygens (including phenoxy) is 2. The minimum absolute atomic E-state index is 0.0295. The first-order valence-electron chi connectivity index (χ1n) is 9.62. The van der Waals surface area contributed by atoms with E-state index in [2.05, 4.69) is 20.5 Å². The molecule has 0 bridgehead atoms. The van der Waals surface area contributed by atoms with Gasteiger partial charge in [0.25, 0.3) is 11.8 Å². The summed E-state index contributed by atoms with van der Waals surface area (Å²) in [6, 6.07) is 8.53. The number of carbonyl (C=O) groups excluding carboxylic acids is 2. The monoisotopic (exact) mass is 436 g/mol. The Bertz CT molecular complexity index is 1290.